The van der Waals surface area contributed by atoms with E-state index in [0.717, 1.165) is 11.6 Å². The summed E-state index contributed by atoms with van der Waals surface area (Å²) in [6, 6.07) is 10.0. The topological polar surface area (TPSA) is 127 Å². The Hall–Kier alpha value is -3.27. The Balaban J connectivity index is 1.87. The maximum absolute atomic E-state index is 12.9. The van der Waals surface area contributed by atoms with Gasteiger partial charge in [-0.3, -0.25) is 19.7 Å². The molecule has 1 heterocycles. The lowest BCUT2D eigenvalue weighted by atomic mass is 10.2. The van der Waals surface area contributed by atoms with Crippen LogP contribution in [0.15, 0.2) is 53.4 Å². The molecule has 146 valence electrons. The Morgan fingerprint density at radius 3 is 2.54 bits per heavy atom. The van der Waals surface area contributed by atoms with Gasteiger partial charge in [0.15, 0.2) is 0 Å². The van der Waals surface area contributed by atoms with E-state index in [1.165, 1.54) is 30.3 Å². The average molecular weight is 403 g/mol. The quantitative estimate of drug-likeness (QED) is 0.602. The normalized spacial score (nSPS) is 16.8. The molecule has 0 radical (unpaired) electrons. The first-order valence-electron chi connectivity index (χ1n) is 8.39. The summed E-state index contributed by atoms with van der Waals surface area (Å²) >= 11 is 0. The summed E-state index contributed by atoms with van der Waals surface area (Å²) in [4.78, 5) is 35.1. The summed E-state index contributed by atoms with van der Waals surface area (Å²) in [5, 5.41) is 13.3. The Kier molecular flexibility index (Phi) is 5.14. The molecule has 28 heavy (non-hydrogen) atoms. The number of nitrogens with one attached hydrogen (secondary N) is 1. The van der Waals surface area contributed by atoms with Crippen molar-refractivity contribution < 1.29 is 22.9 Å². The van der Waals surface area contributed by atoms with Gasteiger partial charge < -0.3 is 5.32 Å². The highest BCUT2D eigenvalue weighted by Crippen LogP contribution is 2.28. The van der Waals surface area contributed by atoms with Crippen LogP contribution in [0.1, 0.15) is 18.4 Å². The van der Waals surface area contributed by atoms with Crippen molar-refractivity contribution >= 4 is 33.2 Å². The number of hydrogen-bond donors (Lipinski definition) is 1. The Morgan fingerprint density at radius 1 is 1.21 bits per heavy atom. The molecule has 0 aromatic heterocycles. The lowest BCUT2D eigenvalue weighted by Crippen LogP contribution is -2.45. The molecule has 1 aliphatic heterocycles. The number of anilines is 1. The standard InChI is InChI=1S/C18H17N3O6S/c1-12-5-7-15(8-6-12)28(26,27)20-16(9-10-17(20)22)18(23)19-13-3-2-4-14(11-13)21(24)25/h2-8,11,16H,9-10H2,1H3,(H,19,23)/t16-/m0/s1. The summed E-state index contributed by atoms with van der Waals surface area (Å²) in [5.74, 6) is -1.39. The van der Waals surface area contributed by atoms with Crippen molar-refractivity contribution in [2.45, 2.75) is 30.7 Å². The molecular weight excluding hydrogens is 386 g/mol. The molecule has 0 unspecified atom stereocenters. The summed E-state index contributed by atoms with van der Waals surface area (Å²) in [6.07, 6.45) is -0.0528. The van der Waals surface area contributed by atoms with E-state index in [2.05, 4.69) is 5.32 Å². The minimum atomic E-state index is -4.20. The molecule has 0 spiro atoms. The highest BCUT2D eigenvalue weighted by Gasteiger charge is 2.44. The largest absolute Gasteiger partial charge is 0.324 e. The number of benzene rings is 2. The van der Waals surface area contributed by atoms with E-state index < -0.39 is 32.8 Å². The molecular formula is C18H17N3O6S. The molecule has 2 aromatic rings. The molecule has 0 saturated carbocycles. The zero-order valence-corrected chi connectivity index (χ0v) is 15.7. The molecule has 2 amide bonds. The van der Waals surface area contributed by atoms with Crippen LogP contribution in [0.25, 0.3) is 0 Å². The number of non-ortho nitro benzene ring substituents is 1. The van der Waals surface area contributed by atoms with Crippen LogP contribution in [0.5, 0.6) is 0 Å². The molecule has 1 N–H and O–H groups in total. The fourth-order valence-electron chi connectivity index (χ4n) is 2.95. The van der Waals surface area contributed by atoms with Gasteiger partial charge in [-0.05, 0) is 31.5 Å². The van der Waals surface area contributed by atoms with E-state index >= 15 is 0 Å². The summed E-state index contributed by atoms with van der Waals surface area (Å²) in [5.41, 5.74) is 0.780. The number of aryl methyl sites for hydroxylation is 1. The predicted octanol–water partition coefficient (Wildman–Crippen LogP) is 2.22. The molecule has 1 atom stereocenters. The number of nitro benzene ring substituents is 1. The van der Waals surface area contributed by atoms with E-state index in [-0.39, 0.29) is 29.1 Å². The maximum atomic E-state index is 12.9. The Morgan fingerprint density at radius 2 is 1.89 bits per heavy atom. The van der Waals surface area contributed by atoms with Crippen molar-refractivity contribution in [2.75, 3.05) is 5.32 Å². The Labute approximate surface area is 161 Å². The second kappa shape index (κ2) is 7.39. The highest BCUT2D eigenvalue weighted by atomic mass is 32.2. The van der Waals surface area contributed by atoms with Gasteiger partial charge in [0.05, 0.1) is 9.82 Å². The lowest BCUT2D eigenvalue weighted by Gasteiger charge is -2.23. The number of carbonyl (C=O) groups excluding carboxylic acids is 2. The first-order chi connectivity index (χ1) is 13.2. The predicted molar refractivity (Wildman–Crippen MR) is 100.0 cm³/mol. The van der Waals surface area contributed by atoms with Crippen LogP contribution in [-0.2, 0) is 19.6 Å². The second-order valence-corrected chi connectivity index (χ2v) is 8.17. The molecule has 1 aliphatic rings. The lowest BCUT2D eigenvalue weighted by molar-refractivity contribution is -0.384. The van der Waals surface area contributed by atoms with Gasteiger partial charge in [-0.15, -0.1) is 0 Å². The van der Waals surface area contributed by atoms with Crippen molar-refractivity contribution in [1.29, 1.82) is 0 Å². The van der Waals surface area contributed by atoms with Crippen molar-refractivity contribution in [3.63, 3.8) is 0 Å². The van der Waals surface area contributed by atoms with Crippen LogP contribution >= 0.6 is 0 Å². The Bertz CT molecular complexity index is 1050. The van der Waals surface area contributed by atoms with E-state index in [4.69, 9.17) is 0 Å². The van der Waals surface area contributed by atoms with Gasteiger partial charge in [-0.25, -0.2) is 12.7 Å². The summed E-state index contributed by atoms with van der Waals surface area (Å²) in [6.45, 7) is 1.80. The van der Waals surface area contributed by atoms with Crippen LogP contribution in [0.4, 0.5) is 11.4 Å². The third kappa shape index (κ3) is 3.72. The molecule has 2 aromatic carbocycles. The van der Waals surface area contributed by atoms with Crippen LogP contribution < -0.4 is 5.32 Å². The van der Waals surface area contributed by atoms with Gasteiger partial charge in [0.25, 0.3) is 15.7 Å². The van der Waals surface area contributed by atoms with E-state index in [1.807, 2.05) is 0 Å². The van der Waals surface area contributed by atoms with Gasteiger partial charge in [-0.2, -0.15) is 0 Å². The van der Waals surface area contributed by atoms with Gasteiger partial charge in [-0.1, -0.05) is 23.8 Å². The number of nitrogens with zero attached hydrogens (tertiary/aromatic N) is 2. The van der Waals surface area contributed by atoms with Gasteiger partial charge in [0.1, 0.15) is 6.04 Å². The van der Waals surface area contributed by atoms with Crippen molar-refractivity contribution in [2.24, 2.45) is 0 Å². The number of nitro groups is 1. The summed E-state index contributed by atoms with van der Waals surface area (Å²) in [7, 11) is -4.20. The molecule has 10 heteroatoms. The molecule has 3 rings (SSSR count). The number of hydrogen-bond acceptors (Lipinski definition) is 6. The molecule has 0 aliphatic carbocycles. The first-order valence-corrected chi connectivity index (χ1v) is 9.83. The van der Waals surface area contributed by atoms with E-state index in [9.17, 15) is 28.1 Å². The van der Waals surface area contributed by atoms with Gasteiger partial charge in [0.2, 0.25) is 11.8 Å². The molecule has 0 bridgehead atoms. The van der Waals surface area contributed by atoms with Crippen molar-refractivity contribution in [3.05, 3.63) is 64.2 Å². The number of carbonyl (C=O) groups is 2. The third-order valence-electron chi connectivity index (χ3n) is 4.37. The smallest absolute Gasteiger partial charge is 0.271 e. The monoisotopic (exact) mass is 403 g/mol. The minimum Gasteiger partial charge on any atom is -0.324 e. The number of sulfonamides is 1. The van der Waals surface area contributed by atoms with Gasteiger partial charge >= 0.3 is 0 Å². The number of amides is 2. The van der Waals surface area contributed by atoms with Crippen molar-refractivity contribution in [3.8, 4) is 0 Å². The maximum Gasteiger partial charge on any atom is 0.271 e. The van der Waals surface area contributed by atoms with Gasteiger partial charge in [0, 0.05) is 24.2 Å². The summed E-state index contributed by atoms with van der Waals surface area (Å²) < 4.78 is 26.4. The first kappa shape index (κ1) is 19.5. The van der Waals surface area contributed by atoms with E-state index in [0.29, 0.717) is 4.31 Å². The zero-order valence-electron chi connectivity index (χ0n) is 14.9. The fourth-order valence-corrected chi connectivity index (χ4v) is 4.55. The molecule has 1 saturated heterocycles. The highest BCUT2D eigenvalue weighted by molar-refractivity contribution is 7.89. The van der Waals surface area contributed by atoms with Crippen LogP contribution in [0.3, 0.4) is 0 Å². The zero-order chi connectivity index (χ0) is 20.5. The van der Waals surface area contributed by atoms with Crippen molar-refractivity contribution in [1.82, 2.24) is 4.31 Å². The average Bonchev–Trinajstić information content (AvgIpc) is 3.05. The van der Waals surface area contributed by atoms with Crippen LogP contribution in [0.2, 0.25) is 0 Å². The van der Waals surface area contributed by atoms with Crippen LogP contribution in [-0.4, -0.2) is 35.5 Å². The van der Waals surface area contributed by atoms with E-state index in [1.54, 1.807) is 19.1 Å². The molecule has 9 nitrogen and oxygen atoms in total. The SMILES string of the molecule is Cc1ccc(S(=O)(=O)N2C(=O)CC[C@H]2C(=O)Nc2cccc([N+](=O)[O-])c2)cc1. The second-order valence-electron chi connectivity index (χ2n) is 6.36. The minimum absolute atomic E-state index is 0.0324. The molecule has 1 fully saturated rings. The third-order valence-corrected chi connectivity index (χ3v) is 6.21. The fraction of sp³-hybridized carbons (Fsp3) is 0.222. The van der Waals surface area contributed by atoms with Crippen LogP contribution in [0, 0.1) is 17.0 Å². The number of rotatable bonds is 5.